The van der Waals surface area contributed by atoms with E-state index >= 15 is 0 Å². The molecule has 0 saturated carbocycles. The van der Waals surface area contributed by atoms with Gasteiger partial charge in [-0.15, -0.1) is 0 Å². The van der Waals surface area contributed by atoms with Crippen molar-refractivity contribution in [3.05, 3.63) is 53.7 Å². The molecule has 0 radical (unpaired) electrons. The summed E-state index contributed by atoms with van der Waals surface area (Å²) in [6, 6.07) is 8.36. The molecule has 2 N–H and O–H groups in total. The Balaban J connectivity index is 1.71. The lowest BCUT2D eigenvalue weighted by molar-refractivity contribution is -0.121. The van der Waals surface area contributed by atoms with Crippen LogP contribution >= 0.6 is 0 Å². The fraction of sp³-hybridized carbons (Fsp3) is 0.118. The lowest BCUT2D eigenvalue weighted by Crippen LogP contribution is -2.38. The molecular formula is C17H12FN3O5. The number of anilines is 1. The minimum atomic E-state index is -0.719. The fourth-order valence-corrected chi connectivity index (χ4v) is 2.73. The molecule has 1 aliphatic heterocycles. The fourth-order valence-electron chi connectivity index (χ4n) is 2.73. The van der Waals surface area contributed by atoms with Crippen LogP contribution in [-0.4, -0.2) is 28.6 Å². The van der Waals surface area contributed by atoms with E-state index in [1.165, 1.54) is 46.8 Å². The number of carbonyl (C=O) groups excluding carboxylic acids is 2. The highest BCUT2D eigenvalue weighted by atomic mass is 19.1. The third-order valence-corrected chi connectivity index (χ3v) is 3.95. The minimum Gasteiger partial charge on any atom is -0.482 e. The summed E-state index contributed by atoms with van der Waals surface area (Å²) in [5.41, 5.74) is 2.77. The standard InChI is InChI=1S/C17H12FN3O5/c18-10-2-4-13-11(6-10)19-15(26-13)7-21-12-5-9(17(23)20-24)1-3-14(12)25-8-16(21)22/h1-6,24H,7-8H2,(H,20,23). The summed E-state index contributed by atoms with van der Waals surface area (Å²) < 4.78 is 24.2. The molecule has 0 fully saturated rings. The number of nitrogens with zero attached hydrogens (tertiary/aromatic N) is 2. The number of oxazole rings is 1. The van der Waals surface area contributed by atoms with E-state index in [1.54, 1.807) is 0 Å². The SMILES string of the molecule is O=C(NO)c1ccc2c(c1)N(Cc1nc3cc(F)ccc3o1)C(=O)CO2. The monoisotopic (exact) mass is 357 g/mol. The Kier molecular flexibility index (Phi) is 3.77. The maximum absolute atomic E-state index is 13.3. The molecule has 26 heavy (non-hydrogen) atoms. The average Bonchev–Trinajstić information content (AvgIpc) is 3.04. The molecule has 2 amide bonds. The van der Waals surface area contributed by atoms with Gasteiger partial charge >= 0.3 is 0 Å². The second-order valence-electron chi connectivity index (χ2n) is 5.61. The maximum Gasteiger partial charge on any atom is 0.274 e. The van der Waals surface area contributed by atoms with Gasteiger partial charge in [0, 0.05) is 11.6 Å². The molecule has 0 spiro atoms. The second kappa shape index (κ2) is 6.12. The van der Waals surface area contributed by atoms with E-state index in [2.05, 4.69) is 4.98 Å². The second-order valence-corrected chi connectivity index (χ2v) is 5.61. The number of hydroxylamine groups is 1. The van der Waals surface area contributed by atoms with E-state index < -0.39 is 11.7 Å². The number of ether oxygens (including phenoxy) is 1. The van der Waals surface area contributed by atoms with E-state index in [1.807, 2.05) is 0 Å². The van der Waals surface area contributed by atoms with Gasteiger partial charge in [-0.1, -0.05) is 0 Å². The van der Waals surface area contributed by atoms with Crippen molar-refractivity contribution < 1.29 is 28.3 Å². The third kappa shape index (κ3) is 2.74. The Morgan fingerprint density at radius 2 is 2.15 bits per heavy atom. The molecule has 1 aliphatic rings. The largest absolute Gasteiger partial charge is 0.482 e. The summed E-state index contributed by atoms with van der Waals surface area (Å²) in [6.45, 7) is -0.191. The van der Waals surface area contributed by atoms with Gasteiger partial charge in [-0.25, -0.2) is 14.9 Å². The molecular weight excluding hydrogens is 345 g/mol. The molecule has 8 nitrogen and oxygen atoms in total. The van der Waals surface area contributed by atoms with Crippen LogP contribution in [0.2, 0.25) is 0 Å². The lowest BCUT2D eigenvalue weighted by atomic mass is 10.1. The van der Waals surface area contributed by atoms with Crippen LogP contribution in [0.5, 0.6) is 5.75 Å². The number of halogens is 1. The minimum absolute atomic E-state index is 0.0182. The van der Waals surface area contributed by atoms with E-state index in [9.17, 15) is 14.0 Å². The summed E-state index contributed by atoms with van der Waals surface area (Å²) in [4.78, 5) is 29.5. The Bertz CT molecular complexity index is 1030. The number of carbonyl (C=O) groups is 2. The molecule has 0 bridgehead atoms. The summed E-state index contributed by atoms with van der Waals surface area (Å²) in [7, 11) is 0. The Morgan fingerprint density at radius 1 is 1.31 bits per heavy atom. The quantitative estimate of drug-likeness (QED) is 0.549. The van der Waals surface area contributed by atoms with Gasteiger partial charge in [0.2, 0.25) is 5.89 Å². The highest BCUT2D eigenvalue weighted by Gasteiger charge is 2.28. The van der Waals surface area contributed by atoms with Gasteiger partial charge in [0.05, 0.1) is 5.69 Å². The number of nitrogens with one attached hydrogen (secondary N) is 1. The van der Waals surface area contributed by atoms with Crippen LogP contribution in [0.3, 0.4) is 0 Å². The Morgan fingerprint density at radius 3 is 2.96 bits per heavy atom. The lowest BCUT2D eigenvalue weighted by Gasteiger charge is -2.28. The molecule has 1 aromatic heterocycles. The summed E-state index contributed by atoms with van der Waals surface area (Å²) >= 11 is 0. The molecule has 132 valence electrons. The van der Waals surface area contributed by atoms with Crippen LogP contribution < -0.4 is 15.1 Å². The first-order valence-corrected chi connectivity index (χ1v) is 7.62. The molecule has 4 rings (SSSR count). The van der Waals surface area contributed by atoms with Crippen LogP contribution in [0.15, 0.2) is 40.8 Å². The summed E-state index contributed by atoms with van der Waals surface area (Å²) in [5, 5.41) is 8.78. The molecule has 2 heterocycles. The number of aromatic nitrogens is 1. The molecule has 0 saturated heterocycles. The molecule has 3 aromatic rings. The number of hydrogen-bond donors (Lipinski definition) is 2. The first kappa shape index (κ1) is 16.0. The van der Waals surface area contributed by atoms with Crippen molar-refractivity contribution in [2.45, 2.75) is 6.54 Å². The van der Waals surface area contributed by atoms with Gasteiger partial charge in [-0.05, 0) is 30.3 Å². The third-order valence-electron chi connectivity index (χ3n) is 3.95. The zero-order valence-electron chi connectivity index (χ0n) is 13.2. The van der Waals surface area contributed by atoms with Crippen LogP contribution in [0, 0.1) is 5.82 Å². The van der Waals surface area contributed by atoms with Crippen LogP contribution in [0.25, 0.3) is 11.1 Å². The van der Waals surface area contributed by atoms with Gasteiger partial charge in [0.1, 0.15) is 23.6 Å². The van der Waals surface area contributed by atoms with Crippen molar-refractivity contribution >= 4 is 28.6 Å². The molecule has 2 aromatic carbocycles. The first-order valence-electron chi connectivity index (χ1n) is 7.62. The van der Waals surface area contributed by atoms with Crippen LogP contribution in [0.1, 0.15) is 16.2 Å². The highest BCUT2D eigenvalue weighted by molar-refractivity contribution is 6.00. The topological polar surface area (TPSA) is 105 Å². The Hall–Kier alpha value is -3.46. The number of hydrogen-bond acceptors (Lipinski definition) is 6. The van der Waals surface area contributed by atoms with Gasteiger partial charge in [-0.2, -0.15) is 0 Å². The van der Waals surface area contributed by atoms with Crippen molar-refractivity contribution in [1.82, 2.24) is 10.5 Å². The number of fused-ring (bicyclic) bond motifs is 2. The van der Waals surface area contributed by atoms with Crippen LogP contribution in [0.4, 0.5) is 10.1 Å². The van der Waals surface area contributed by atoms with E-state index in [4.69, 9.17) is 14.4 Å². The van der Waals surface area contributed by atoms with Gasteiger partial charge < -0.3 is 9.15 Å². The van der Waals surface area contributed by atoms with Crippen LogP contribution in [-0.2, 0) is 11.3 Å². The number of rotatable bonds is 3. The van der Waals surface area contributed by atoms with Crippen molar-refractivity contribution in [1.29, 1.82) is 0 Å². The summed E-state index contributed by atoms with van der Waals surface area (Å²) in [5.74, 6) is -0.898. The number of benzene rings is 2. The van der Waals surface area contributed by atoms with Crippen molar-refractivity contribution in [3.8, 4) is 5.75 Å². The van der Waals surface area contributed by atoms with E-state index in [0.717, 1.165) is 0 Å². The molecule has 0 atom stereocenters. The van der Waals surface area contributed by atoms with Gasteiger partial charge in [-0.3, -0.25) is 19.7 Å². The first-order chi connectivity index (χ1) is 12.5. The maximum atomic E-state index is 13.3. The molecule has 9 heteroatoms. The Labute approximate surface area is 145 Å². The summed E-state index contributed by atoms with van der Waals surface area (Å²) in [6.07, 6.45) is 0. The molecule has 0 unspecified atom stereocenters. The van der Waals surface area contributed by atoms with Crippen molar-refractivity contribution in [2.24, 2.45) is 0 Å². The normalized spacial score (nSPS) is 13.5. The van der Waals surface area contributed by atoms with Gasteiger partial charge in [0.15, 0.2) is 12.2 Å². The molecule has 0 aliphatic carbocycles. The predicted molar refractivity (Wildman–Crippen MR) is 86.3 cm³/mol. The highest BCUT2D eigenvalue weighted by Crippen LogP contribution is 2.34. The predicted octanol–water partition coefficient (Wildman–Crippen LogP) is 2.01. The number of amides is 2. The van der Waals surface area contributed by atoms with E-state index in [-0.39, 0.29) is 30.5 Å². The smallest absolute Gasteiger partial charge is 0.274 e. The average molecular weight is 357 g/mol. The zero-order chi connectivity index (χ0) is 18.3. The van der Waals surface area contributed by atoms with E-state index in [0.29, 0.717) is 22.5 Å². The van der Waals surface area contributed by atoms with Crippen molar-refractivity contribution in [3.63, 3.8) is 0 Å². The zero-order valence-corrected chi connectivity index (χ0v) is 13.2. The van der Waals surface area contributed by atoms with Gasteiger partial charge in [0.25, 0.3) is 11.8 Å². The van der Waals surface area contributed by atoms with Crippen molar-refractivity contribution in [2.75, 3.05) is 11.5 Å².